The number of aromatic nitrogens is 1. The molecule has 5 nitrogen and oxygen atoms in total. The van der Waals surface area contributed by atoms with Crippen molar-refractivity contribution in [3.05, 3.63) is 41.7 Å². The van der Waals surface area contributed by atoms with E-state index in [4.69, 9.17) is 4.74 Å². The van der Waals surface area contributed by atoms with E-state index in [1.807, 2.05) is 36.5 Å². The molecule has 0 unspecified atom stereocenters. The summed E-state index contributed by atoms with van der Waals surface area (Å²) in [5.41, 5.74) is 2.75. The molecule has 0 fully saturated rings. The van der Waals surface area contributed by atoms with Crippen molar-refractivity contribution in [1.82, 2.24) is 9.88 Å². The fraction of sp³-hybridized carbons (Fsp3) is 0.368. The number of fused-ring (bicyclic) bond motifs is 1. The number of rotatable bonds is 3. The molecule has 1 atom stereocenters. The Morgan fingerprint density at radius 2 is 2.12 bits per heavy atom. The summed E-state index contributed by atoms with van der Waals surface area (Å²) >= 11 is 0. The largest absolute Gasteiger partial charge is 0.480 e. The second-order valence-corrected chi connectivity index (χ2v) is 6.50. The second kappa shape index (κ2) is 6.51. The Balaban J connectivity index is 2.04. The van der Waals surface area contributed by atoms with Gasteiger partial charge in [-0.2, -0.15) is 0 Å². The summed E-state index contributed by atoms with van der Waals surface area (Å²) in [5.74, 6) is 0.914. The highest BCUT2D eigenvalue weighted by Crippen LogP contribution is 2.25. The van der Waals surface area contributed by atoms with Crippen molar-refractivity contribution in [1.29, 1.82) is 0 Å². The first-order chi connectivity index (χ1) is 11.5. The van der Waals surface area contributed by atoms with Crippen LogP contribution < -0.4 is 0 Å². The number of hydrogen-bond acceptors (Lipinski definition) is 3. The number of nitrogens with zero attached hydrogens (tertiary/aromatic N) is 2. The Morgan fingerprint density at radius 1 is 1.38 bits per heavy atom. The summed E-state index contributed by atoms with van der Waals surface area (Å²) in [5, 5.41) is 1.10. The van der Waals surface area contributed by atoms with Gasteiger partial charge in [-0.05, 0) is 24.5 Å². The van der Waals surface area contributed by atoms with Gasteiger partial charge in [-0.25, -0.2) is 4.99 Å². The van der Waals surface area contributed by atoms with Gasteiger partial charge in [-0.1, -0.05) is 32.0 Å². The number of carbonyl (C=O) groups is 1. The van der Waals surface area contributed by atoms with E-state index in [1.165, 1.54) is 0 Å². The first-order valence-corrected chi connectivity index (χ1v) is 8.18. The Kier molecular flexibility index (Phi) is 4.42. The summed E-state index contributed by atoms with van der Waals surface area (Å²) in [7, 11) is 3.38. The van der Waals surface area contributed by atoms with E-state index in [0.717, 1.165) is 22.9 Å². The van der Waals surface area contributed by atoms with Crippen LogP contribution in [0.2, 0.25) is 0 Å². The van der Waals surface area contributed by atoms with Gasteiger partial charge in [0, 0.05) is 29.7 Å². The molecular formula is C19H23N3O2. The van der Waals surface area contributed by atoms with E-state index < -0.39 is 0 Å². The third kappa shape index (κ3) is 2.94. The van der Waals surface area contributed by atoms with Gasteiger partial charge >= 0.3 is 0 Å². The number of carbonyl (C=O) groups excluding carboxylic acids is 1. The topological polar surface area (TPSA) is 57.7 Å². The number of aliphatic imine (C=N–C) groups is 1. The van der Waals surface area contributed by atoms with E-state index >= 15 is 0 Å². The Labute approximate surface area is 142 Å². The molecule has 0 saturated carbocycles. The first kappa shape index (κ1) is 16.3. The smallest absolute Gasteiger partial charge is 0.251 e. The van der Waals surface area contributed by atoms with Gasteiger partial charge < -0.3 is 14.6 Å². The van der Waals surface area contributed by atoms with Crippen molar-refractivity contribution in [2.24, 2.45) is 10.9 Å². The maximum Gasteiger partial charge on any atom is 0.251 e. The fourth-order valence-electron chi connectivity index (χ4n) is 3.03. The lowest BCUT2D eigenvalue weighted by molar-refractivity contribution is -0.130. The molecule has 24 heavy (non-hydrogen) atoms. The van der Waals surface area contributed by atoms with Crippen molar-refractivity contribution in [3.8, 4) is 0 Å². The summed E-state index contributed by atoms with van der Waals surface area (Å²) in [6, 6.07) is 7.69. The molecule has 2 aromatic rings. The van der Waals surface area contributed by atoms with Gasteiger partial charge in [0.05, 0.1) is 7.11 Å². The summed E-state index contributed by atoms with van der Waals surface area (Å²) < 4.78 is 5.47. The van der Waals surface area contributed by atoms with Gasteiger partial charge in [0.1, 0.15) is 11.7 Å². The molecule has 126 valence electrons. The molecule has 0 spiro atoms. The summed E-state index contributed by atoms with van der Waals surface area (Å²) in [4.78, 5) is 22.1. The number of para-hydroxylation sites is 1. The Morgan fingerprint density at radius 3 is 2.83 bits per heavy atom. The molecule has 0 aliphatic carbocycles. The van der Waals surface area contributed by atoms with Crippen molar-refractivity contribution in [2.75, 3.05) is 14.2 Å². The standard InChI is InChI=1S/C19H23N3O2/c1-12(2)9-16-19(23)22(3)17(18(21-16)24-4)10-13-11-20-15-8-6-5-7-14(13)15/h5-8,10-12,16,20H,9H2,1-4H3/b17-10-/t16-/m0/s1. The van der Waals surface area contributed by atoms with E-state index in [-0.39, 0.29) is 11.9 Å². The molecule has 1 aliphatic rings. The minimum Gasteiger partial charge on any atom is -0.480 e. The van der Waals surface area contributed by atoms with Gasteiger partial charge in [0.25, 0.3) is 5.91 Å². The van der Waals surface area contributed by atoms with Crippen molar-refractivity contribution < 1.29 is 9.53 Å². The van der Waals surface area contributed by atoms with Crippen LogP contribution in [0.3, 0.4) is 0 Å². The number of hydrogen-bond donors (Lipinski definition) is 1. The zero-order valence-corrected chi connectivity index (χ0v) is 14.5. The molecule has 5 heteroatoms. The van der Waals surface area contributed by atoms with Crippen LogP contribution in [0.1, 0.15) is 25.8 Å². The highest BCUT2D eigenvalue weighted by Gasteiger charge is 2.32. The molecule has 1 aromatic carbocycles. The van der Waals surface area contributed by atoms with Crippen molar-refractivity contribution in [3.63, 3.8) is 0 Å². The predicted molar refractivity (Wildman–Crippen MR) is 96.7 cm³/mol. The number of ether oxygens (including phenoxy) is 1. The molecule has 1 amide bonds. The van der Waals surface area contributed by atoms with Crippen LogP contribution >= 0.6 is 0 Å². The molecule has 2 heterocycles. The van der Waals surface area contributed by atoms with Gasteiger partial charge in [0.15, 0.2) is 0 Å². The highest BCUT2D eigenvalue weighted by atomic mass is 16.5. The van der Waals surface area contributed by atoms with Crippen molar-refractivity contribution in [2.45, 2.75) is 26.3 Å². The van der Waals surface area contributed by atoms with E-state index in [0.29, 0.717) is 17.5 Å². The number of likely N-dealkylation sites (N-methyl/N-ethyl adjacent to an activating group) is 1. The minimum absolute atomic E-state index is 0.00981. The monoisotopic (exact) mass is 325 g/mol. The fourth-order valence-corrected chi connectivity index (χ4v) is 3.03. The van der Waals surface area contributed by atoms with Crippen LogP contribution in [-0.4, -0.2) is 41.9 Å². The molecule has 0 radical (unpaired) electrons. The van der Waals surface area contributed by atoms with Crippen molar-refractivity contribution >= 4 is 28.8 Å². The van der Waals surface area contributed by atoms with E-state index in [2.05, 4.69) is 23.8 Å². The minimum atomic E-state index is -0.370. The third-order valence-electron chi connectivity index (χ3n) is 4.27. The number of nitrogens with one attached hydrogen (secondary N) is 1. The molecule has 1 aromatic heterocycles. The molecule has 1 aliphatic heterocycles. The quantitative estimate of drug-likeness (QED) is 0.940. The summed E-state index contributed by atoms with van der Waals surface area (Å²) in [6.45, 7) is 4.18. The van der Waals surface area contributed by atoms with Crippen LogP contribution in [0.15, 0.2) is 41.2 Å². The number of H-pyrrole nitrogens is 1. The molecule has 0 saturated heterocycles. The van der Waals surface area contributed by atoms with E-state index in [9.17, 15) is 4.79 Å². The lowest BCUT2D eigenvalue weighted by Gasteiger charge is -2.30. The number of aromatic amines is 1. The Bertz CT molecular complexity index is 817. The molecule has 3 rings (SSSR count). The number of amides is 1. The van der Waals surface area contributed by atoms with Crippen LogP contribution in [0.5, 0.6) is 0 Å². The Hall–Kier alpha value is -2.56. The zero-order chi connectivity index (χ0) is 17.3. The molecule has 0 bridgehead atoms. The predicted octanol–water partition coefficient (Wildman–Crippen LogP) is 3.44. The molecular weight excluding hydrogens is 302 g/mol. The lowest BCUT2D eigenvalue weighted by atomic mass is 10.0. The number of methoxy groups -OCH3 is 1. The normalized spacial score (nSPS) is 20.1. The van der Waals surface area contributed by atoms with E-state index in [1.54, 1.807) is 19.1 Å². The second-order valence-electron chi connectivity index (χ2n) is 6.50. The third-order valence-corrected chi connectivity index (χ3v) is 4.27. The zero-order valence-electron chi connectivity index (χ0n) is 14.5. The maximum atomic E-state index is 12.6. The molecule has 1 N–H and O–H groups in total. The van der Waals surface area contributed by atoms with Crippen LogP contribution in [0, 0.1) is 5.92 Å². The first-order valence-electron chi connectivity index (χ1n) is 8.18. The maximum absolute atomic E-state index is 12.6. The average molecular weight is 325 g/mol. The average Bonchev–Trinajstić information content (AvgIpc) is 2.97. The van der Waals surface area contributed by atoms with Crippen LogP contribution in [0.25, 0.3) is 17.0 Å². The number of benzene rings is 1. The van der Waals surface area contributed by atoms with Gasteiger partial charge in [0.2, 0.25) is 5.90 Å². The summed E-state index contributed by atoms with van der Waals surface area (Å²) in [6.07, 6.45) is 4.60. The van der Waals surface area contributed by atoms with Gasteiger partial charge in [-0.3, -0.25) is 4.79 Å². The van der Waals surface area contributed by atoms with Gasteiger partial charge in [-0.15, -0.1) is 0 Å². The highest BCUT2D eigenvalue weighted by molar-refractivity contribution is 6.07. The van der Waals surface area contributed by atoms with Crippen LogP contribution in [-0.2, 0) is 9.53 Å². The lowest BCUT2D eigenvalue weighted by Crippen LogP contribution is -2.43. The van der Waals surface area contributed by atoms with Crippen LogP contribution in [0.4, 0.5) is 0 Å². The SMILES string of the molecule is COC1=N[C@@H](CC(C)C)C(=O)N(C)/C1=C\c1c[nH]c2ccccc12.